The lowest BCUT2D eigenvalue weighted by Gasteiger charge is -2.17. The summed E-state index contributed by atoms with van der Waals surface area (Å²) in [5.41, 5.74) is -0.0860. The average molecular weight is 288 g/mol. The highest BCUT2D eigenvalue weighted by atomic mass is 19.3. The van der Waals surface area contributed by atoms with Gasteiger partial charge < -0.3 is 14.2 Å². The third-order valence-corrected chi connectivity index (χ3v) is 2.11. The number of rotatable bonds is 6. The van der Waals surface area contributed by atoms with Gasteiger partial charge in [-0.1, -0.05) is 6.07 Å². The molecular formula is C14H18F2O4. The lowest BCUT2D eigenvalue weighted by Crippen LogP contribution is -2.16. The summed E-state index contributed by atoms with van der Waals surface area (Å²) in [4.78, 5) is 11.9. The quantitative estimate of drug-likeness (QED) is 0.750. The zero-order chi connectivity index (χ0) is 15.3. The molecule has 0 heterocycles. The Kier molecular flexibility index (Phi) is 5.73. The molecule has 1 aromatic carbocycles. The second-order valence-electron chi connectivity index (χ2n) is 4.63. The van der Waals surface area contributed by atoms with E-state index in [1.54, 1.807) is 27.7 Å². The zero-order valence-electron chi connectivity index (χ0n) is 11.9. The molecule has 0 aliphatic rings. The Morgan fingerprint density at radius 2 is 1.70 bits per heavy atom. The molecule has 6 heteroatoms. The highest BCUT2D eigenvalue weighted by molar-refractivity contribution is 5.93. The Labute approximate surface area is 116 Å². The van der Waals surface area contributed by atoms with E-state index in [0.29, 0.717) is 0 Å². The van der Waals surface area contributed by atoms with Gasteiger partial charge in [-0.3, -0.25) is 0 Å². The van der Waals surface area contributed by atoms with E-state index in [0.717, 1.165) is 0 Å². The van der Waals surface area contributed by atoms with Crippen molar-refractivity contribution in [2.75, 3.05) is 0 Å². The predicted molar refractivity (Wildman–Crippen MR) is 69.4 cm³/mol. The summed E-state index contributed by atoms with van der Waals surface area (Å²) in [6.07, 6.45) is -0.608. The molecule has 0 aromatic heterocycles. The number of hydrogen-bond donors (Lipinski definition) is 0. The van der Waals surface area contributed by atoms with Gasteiger partial charge in [0.1, 0.15) is 5.56 Å². The highest BCUT2D eigenvalue weighted by Crippen LogP contribution is 2.34. The molecule has 0 atom stereocenters. The molecule has 1 aromatic rings. The number of esters is 1. The summed E-state index contributed by atoms with van der Waals surface area (Å²) < 4.78 is 39.8. The first-order chi connectivity index (χ1) is 9.31. The van der Waals surface area contributed by atoms with Crippen LogP contribution in [0.4, 0.5) is 8.78 Å². The minimum Gasteiger partial charge on any atom is -0.487 e. The van der Waals surface area contributed by atoms with Crippen LogP contribution >= 0.6 is 0 Å². The van der Waals surface area contributed by atoms with Crippen molar-refractivity contribution in [3.8, 4) is 11.5 Å². The number of carbonyl (C=O) groups is 1. The minimum atomic E-state index is -3.06. The van der Waals surface area contributed by atoms with Crippen molar-refractivity contribution in [2.45, 2.75) is 46.5 Å². The number of hydrogen-bond acceptors (Lipinski definition) is 4. The van der Waals surface area contributed by atoms with Crippen LogP contribution in [0.3, 0.4) is 0 Å². The number of alkyl halides is 2. The standard InChI is InChI=1S/C14H18F2O4/c1-8(2)18-11-7-5-6-10(12(11)20-14(15)16)13(17)19-9(3)4/h5-9,14H,1-4H3. The molecule has 0 N–H and O–H groups in total. The van der Waals surface area contributed by atoms with Crippen LogP contribution < -0.4 is 9.47 Å². The third kappa shape index (κ3) is 4.68. The van der Waals surface area contributed by atoms with Crippen molar-refractivity contribution in [1.82, 2.24) is 0 Å². The molecule has 0 saturated carbocycles. The lowest BCUT2D eigenvalue weighted by molar-refractivity contribution is -0.0526. The third-order valence-electron chi connectivity index (χ3n) is 2.11. The second kappa shape index (κ2) is 7.07. The van der Waals surface area contributed by atoms with Gasteiger partial charge in [0.25, 0.3) is 0 Å². The fourth-order valence-electron chi connectivity index (χ4n) is 1.51. The molecule has 112 valence electrons. The van der Waals surface area contributed by atoms with Gasteiger partial charge in [-0.25, -0.2) is 4.79 Å². The first-order valence-corrected chi connectivity index (χ1v) is 6.26. The maximum Gasteiger partial charge on any atom is 0.387 e. The largest absolute Gasteiger partial charge is 0.487 e. The molecule has 0 fully saturated rings. The summed E-state index contributed by atoms with van der Waals surface area (Å²) in [6, 6.07) is 4.34. The van der Waals surface area contributed by atoms with Gasteiger partial charge in [0.05, 0.1) is 12.2 Å². The van der Waals surface area contributed by atoms with Gasteiger partial charge in [-0.2, -0.15) is 8.78 Å². The van der Waals surface area contributed by atoms with Crippen molar-refractivity contribution < 1.29 is 27.8 Å². The first-order valence-electron chi connectivity index (χ1n) is 6.26. The maximum atomic E-state index is 12.5. The molecule has 0 amide bonds. The van der Waals surface area contributed by atoms with E-state index in [2.05, 4.69) is 4.74 Å². The normalized spacial score (nSPS) is 11.1. The van der Waals surface area contributed by atoms with Gasteiger partial charge in [-0.05, 0) is 39.8 Å². The summed E-state index contributed by atoms with van der Waals surface area (Å²) in [5.74, 6) is -0.954. The smallest absolute Gasteiger partial charge is 0.387 e. The van der Waals surface area contributed by atoms with Gasteiger partial charge >= 0.3 is 12.6 Å². The van der Waals surface area contributed by atoms with Crippen LogP contribution in [-0.2, 0) is 4.74 Å². The van der Waals surface area contributed by atoms with Crippen LogP contribution in [-0.4, -0.2) is 24.8 Å². The van der Waals surface area contributed by atoms with Gasteiger partial charge in [-0.15, -0.1) is 0 Å². The Balaban J connectivity index is 3.17. The molecule has 0 aliphatic heterocycles. The number of ether oxygens (including phenoxy) is 3. The van der Waals surface area contributed by atoms with Crippen molar-refractivity contribution in [2.24, 2.45) is 0 Å². The summed E-state index contributed by atoms with van der Waals surface area (Å²) >= 11 is 0. The van der Waals surface area contributed by atoms with Crippen LogP contribution in [0.25, 0.3) is 0 Å². The van der Waals surface area contributed by atoms with Crippen molar-refractivity contribution in [3.05, 3.63) is 23.8 Å². The molecule has 0 saturated heterocycles. The van der Waals surface area contributed by atoms with Crippen LogP contribution in [0.15, 0.2) is 18.2 Å². The predicted octanol–water partition coefficient (Wildman–Crippen LogP) is 3.64. The monoisotopic (exact) mass is 288 g/mol. The summed E-state index contributed by atoms with van der Waals surface area (Å²) in [7, 11) is 0. The van der Waals surface area contributed by atoms with Gasteiger partial charge in [0, 0.05) is 0 Å². The van der Waals surface area contributed by atoms with Gasteiger partial charge in [0.2, 0.25) is 0 Å². The van der Waals surface area contributed by atoms with E-state index >= 15 is 0 Å². The van der Waals surface area contributed by atoms with Crippen molar-refractivity contribution in [1.29, 1.82) is 0 Å². The van der Waals surface area contributed by atoms with E-state index in [1.165, 1.54) is 18.2 Å². The molecule has 4 nitrogen and oxygen atoms in total. The topological polar surface area (TPSA) is 44.8 Å². The molecule has 1 rings (SSSR count). The van der Waals surface area contributed by atoms with E-state index in [-0.39, 0.29) is 29.3 Å². The van der Waals surface area contributed by atoms with Crippen LogP contribution in [0.1, 0.15) is 38.1 Å². The van der Waals surface area contributed by atoms with E-state index in [9.17, 15) is 13.6 Å². The molecule has 0 bridgehead atoms. The molecule has 0 radical (unpaired) electrons. The number of halogens is 2. The van der Waals surface area contributed by atoms with Gasteiger partial charge in [0.15, 0.2) is 11.5 Å². The number of benzene rings is 1. The Morgan fingerprint density at radius 3 is 2.20 bits per heavy atom. The molecule has 0 spiro atoms. The fraction of sp³-hybridized carbons (Fsp3) is 0.500. The van der Waals surface area contributed by atoms with E-state index in [4.69, 9.17) is 9.47 Å². The fourth-order valence-corrected chi connectivity index (χ4v) is 1.51. The average Bonchev–Trinajstić information content (AvgIpc) is 2.28. The van der Waals surface area contributed by atoms with Crippen molar-refractivity contribution in [3.63, 3.8) is 0 Å². The van der Waals surface area contributed by atoms with Crippen LogP contribution in [0.5, 0.6) is 11.5 Å². The Bertz CT molecular complexity index is 458. The lowest BCUT2D eigenvalue weighted by atomic mass is 10.2. The van der Waals surface area contributed by atoms with E-state index in [1.807, 2.05) is 0 Å². The van der Waals surface area contributed by atoms with Crippen LogP contribution in [0, 0.1) is 0 Å². The second-order valence-corrected chi connectivity index (χ2v) is 4.63. The van der Waals surface area contributed by atoms with Crippen molar-refractivity contribution >= 4 is 5.97 Å². The first kappa shape index (κ1) is 16.2. The maximum absolute atomic E-state index is 12.5. The molecule has 0 aliphatic carbocycles. The van der Waals surface area contributed by atoms with Crippen LogP contribution in [0.2, 0.25) is 0 Å². The minimum absolute atomic E-state index is 0.0820. The number of para-hydroxylation sites is 1. The number of carbonyl (C=O) groups excluding carboxylic acids is 1. The summed E-state index contributed by atoms with van der Waals surface area (Å²) in [5, 5.41) is 0. The molecule has 20 heavy (non-hydrogen) atoms. The highest BCUT2D eigenvalue weighted by Gasteiger charge is 2.22. The Hall–Kier alpha value is -1.85. The van der Waals surface area contributed by atoms with E-state index < -0.39 is 12.6 Å². The molecule has 0 unspecified atom stereocenters. The SMILES string of the molecule is CC(C)OC(=O)c1cccc(OC(C)C)c1OC(F)F. The Morgan fingerprint density at radius 1 is 1.05 bits per heavy atom. The summed E-state index contributed by atoms with van der Waals surface area (Å²) in [6.45, 7) is 3.76. The zero-order valence-corrected chi connectivity index (χ0v) is 11.9. The molecular weight excluding hydrogens is 270 g/mol.